The van der Waals surface area contributed by atoms with Crippen LogP contribution in [-0.2, 0) is 0 Å². The summed E-state index contributed by atoms with van der Waals surface area (Å²) in [5.41, 5.74) is 2.22. The van der Waals surface area contributed by atoms with Crippen molar-refractivity contribution >= 4 is 24.6 Å². The Kier molecular flexibility index (Phi) is 4.46. The van der Waals surface area contributed by atoms with Gasteiger partial charge in [0.15, 0.2) is 0 Å². The van der Waals surface area contributed by atoms with Crippen molar-refractivity contribution in [1.82, 2.24) is 14.9 Å². The number of nitrogens with one attached hydrogen (secondary N) is 1. The number of aliphatic imine (C=N–C) groups is 2. The lowest BCUT2D eigenvalue weighted by Gasteiger charge is -2.34. The fourth-order valence-corrected chi connectivity index (χ4v) is 3.26. The van der Waals surface area contributed by atoms with Gasteiger partial charge in [0, 0.05) is 17.7 Å². The van der Waals surface area contributed by atoms with Gasteiger partial charge in [0.2, 0.25) is 0 Å². The molecule has 1 fully saturated rings. The van der Waals surface area contributed by atoms with E-state index < -0.39 is 12.7 Å². The molecule has 1 aromatic rings. The topological polar surface area (TPSA) is 73.0 Å². The zero-order chi connectivity index (χ0) is 17.3. The van der Waals surface area contributed by atoms with E-state index in [1.165, 1.54) is 16.2 Å². The summed E-state index contributed by atoms with van der Waals surface area (Å²) in [6.45, 7) is 3.51. The maximum Gasteiger partial charge on any atom is 0.401 e. The van der Waals surface area contributed by atoms with Crippen molar-refractivity contribution in [3.05, 3.63) is 23.5 Å². The summed E-state index contributed by atoms with van der Waals surface area (Å²) in [5, 5.41) is 1.39. The van der Waals surface area contributed by atoms with Gasteiger partial charge in [0.05, 0.1) is 17.9 Å². The molecule has 0 amide bonds. The van der Waals surface area contributed by atoms with Gasteiger partial charge in [-0.2, -0.15) is 13.2 Å². The molecular formula is C15H19F3N6. The molecule has 24 heavy (non-hydrogen) atoms. The van der Waals surface area contributed by atoms with Crippen molar-refractivity contribution in [1.29, 1.82) is 0 Å². The number of aromatic amines is 1. The molecule has 9 heteroatoms. The van der Waals surface area contributed by atoms with E-state index >= 15 is 0 Å². The number of hydrogen-bond acceptors (Lipinski definition) is 5. The zero-order valence-corrected chi connectivity index (χ0v) is 13.1. The predicted molar refractivity (Wildman–Crippen MR) is 86.7 cm³/mol. The van der Waals surface area contributed by atoms with Crippen molar-refractivity contribution < 1.29 is 13.2 Å². The van der Waals surface area contributed by atoms with Gasteiger partial charge in [-0.15, -0.1) is 0 Å². The number of likely N-dealkylation sites (tertiary alicyclic amines) is 1. The molecule has 0 aromatic carbocycles. The zero-order valence-electron chi connectivity index (χ0n) is 13.1. The molecule has 0 bridgehead atoms. The number of nitrogens with two attached hydrogens (primary N) is 1. The number of aromatic nitrogens is 1. The Morgan fingerprint density at radius 2 is 2.12 bits per heavy atom. The van der Waals surface area contributed by atoms with Gasteiger partial charge < -0.3 is 4.98 Å². The summed E-state index contributed by atoms with van der Waals surface area (Å²) in [6, 6.07) is 1.85. The molecule has 0 atom stereocenters. The third-order valence-corrected chi connectivity index (χ3v) is 4.34. The lowest BCUT2D eigenvalue weighted by Crippen LogP contribution is -2.40. The van der Waals surface area contributed by atoms with E-state index in [9.17, 15) is 13.2 Å². The fraction of sp³-hybridized carbons (Fsp3) is 0.467. The molecule has 0 spiro atoms. The number of halogens is 3. The van der Waals surface area contributed by atoms with Crippen LogP contribution < -0.4 is 5.84 Å². The Balaban J connectivity index is 1.81. The van der Waals surface area contributed by atoms with E-state index in [1.54, 1.807) is 6.20 Å². The Morgan fingerprint density at radius 3 is 2.75 bits per heavy atom. The van der Waals surface area contributed by atoms with Gasteiger partial charge in [-0.3, -0.25) is 14.9 Å². The average molecular weight is 340 g/mol. The maximum atomic E-state index is 12.5. The third-order valence-electron chi connectivity index (χ3n) is 4.34. The molecule has 0 unspecified atom stereocenters. The molecule has 1 aromatic heterocycles. The third kappa shape index (κ3) is 3.36. The van der Waals surface area contributed by atoms with Gasteiger partial charge in [0.1, 0.15) is 12.2 Å². The first-order valence-corrected chi connectivity index (χ1v) is 7.65. The lowest BCUT2D eigenvalue weighted by molar-refractivity contribution is -0.148. The van der Waals surface area contributed by atoms with Crippen molar-refractivity contribution in [3.8, 4) is 0 Å². The van der Waals surface area contributed by atoms with Crippen LogP contribution in [0.2, 0.25) is 0 Å². The molecule has 130 valence electrons. The van der Waals surface area contributed by atoms with Crippen LogP contribution in [0, 0.1) is 5.92 Å². The first-order chi connectivity index (χ1) is 11.4. The normalized spacial score (nSPS) is 21.8. The van der Waals surface area contributed by atoms with Crippen molar-refractivity contribution in [2.45, 2.75) is 19.0 Å². The summed E-state index contributed by atoms with van der Waals surface area (Å²) in [5.74, 6) is 6.71. The number of rotatable bonds is 3. The largest absolute Gasteiger partial charge is 0.401 e. The molecule has 2 aliphatic rings. The van der Waals surface area contributed by atoms with E-state index in [-0.39, 0.29) is 5.92 Å². The first-order valence-electron chi connectivity index (χ1n) is 7.65. The number of hydrogen-bond donors (Lipinski definition) is 2. The van der Waals surface area contributed by atoms with Crippen LogP contribution in [0.25, 0.3) is 5.70 Å². The number of hydrazine groups is 1. The van der Waals surface area contributed by atoms with E-state index in [0.717, 1.165) is 5.56 Å². The summed E-state index contributed by atoms with van der Waals surface area (Å²) in [6.07, 6.45) is 0.238. The number of fused-ring (bicyclic) bond motifs is 1. The highest BCUT2D eigenvalue weighted by Gasteiger charge is 2.34. The van der Waals surface area contributed by atoms with E-state index in [2.05, 4.69) is 21.7 Å². The van der Waals surface area contributed by atoms with Crippen LogP contribution in [0.15, 0.2) is 27.9 Å². The predicted octanol–water partition coefficient (Wildman–Crippen LogP) is 2.51. The van der Waals surface area contributed by atoms with Crippen LogP contribution >= 0.6 is 0 Å². The number of alkyl halides is 3. The minimum atomic E-state index is -4.17. The van der Waals surface area contributed by atoms with E-state index in [4.69, 9.17) is 5.84 Å². The Bertz CT molecular complexity index is 667. The van der Waals surface area contributed by atoms with Gasteiger partial charge in [-0.1, -0.05) is 0 Å². The van der Waals surface area contributed by atoms with E-state index in [1.807, 2.05) is 6.07 Å². The van der Waals surface area contributed by atoms with Crippen LogP contribution in [0.3, 0.4) is 0 Å². The van der Waals surface area contributed by atoms with Gasteiger partial charge in [-0.05, 0) is 38.7 Å². The molecule has 0 saturated carbocycles. The van der Waals surface area contributed by atoms with Gasteiger partial charge in [0.25, 0.3) is 0 Å². The average Bonchev–Trinajstić information content (AvgIpc) is 2.98. The molecule has 3 rings (SSSR count). The van der Waals surface area contributed by atoms with Gasteiger partial charge in [-0.25, -0.2) is 10.8 Å². The molecular weight excluding hydrogens is 321 g/mol. The second-order valence-electron chi connectivity index (χ2n) is 5.95. The van der Waals surface area contributed by atoms with Crippen molar-refractivity contribution in [3.63, 3.8) is 0 Å². The fourth-order valence-electron chi connectivity index (χ4n) is 3.26. The minimum Gasteiger partial charge on any atom is -0.346 e. The molecule has 3 N–H and O–H groups in total. The Hall–Kier alpha value is -2.13. The van der Waals surface area contributed by atoms with Crippen LogP contribution in [-0.4, -0.2) is 53.8 Å². The second-order valence-corrected chi connectivity index (χ2v) is 5.95. The summed E-state index contributed by atoms with van der Waals surface area (Å²) >= 11 is 0. The molecule has 3 heterocycles. The summed E-state index contributed by atoms with van der Waals surface area (Å²) < 4.78 is 37.5. The number of piperidine rings is 1. The highest BCUT2D eigenvalue weighted by molar-refractivity contribution is 5.87. The molecule has 1 saturated heterocycles. The van der Waals surface area contributed by atoms with Crippen LogP contribution in [0.4, 0.5) is 19.0 Å². The quantitative estimate of drug-likeness (QED) is 0.656. The van der Waals surface area contributed by atoms with Crippen molar-refractivity contribution in [2.24, 2.45) is 21.7 Å². The Morgan fingerprint density at radius 1 is 1.42 bits per heavy atom. The van der Waals surface area contributed by atoms with Gasteiger partial charge >= 0.3 is 6.18 Å². The maximum absolute atomic E-state index is 12.5. The highest BCUT2D eigenvalue weighted by atomic mass is 19.4. The van der Waals surface area contributed by atoms with Crippen molar-refractivity contribution in [2.75, 3.05) is 19.6 Å². The van der Waals surface area contributed by atoms with Crippen LogP contribution in [0.1, 0.15) is 18.4 Å². The molecule has 0 aliphatic carbocycles. The molecule has 2 aliphatic heterocycles. The smallest absolute Gasteiger partial charge is 0.346 e. The standard InChI is InChI=1S/C15H19F3N6/c1-20-12(10-3-6-23(7-4-10)8-15(16,17)18)13-11-2-5-21-14(11)22-9-24(13)19/h2,5,9-10,21H,1,3-4,6-8,19H2/b13-12-. The molecule has 6 nitrogen and oxygen atoms in total. The van der Waals surface area contributed by atoms with E-state index in [0.29, 0.717) is 43.1 Å². The second kappa shape index (κ2) is 6.40. The van der Waals surface area contributed by atoms with Crippen LogP contribution in [0.5, 0.6) is 0 Å². The monoisotopic (exact) mass is 340 g/mol. The summed E-state index contributed by atoms with van der Waals surface area (Å²) in [7, 11) is 0. The molecule has 0 radical (unpaired) electrons. The SMILES string of the molecule is C=N/C(=C1/c2cc[nH]c2N=CN1N)C1CCN(CC(F)(F)F)CC1. The number of H-pyrrole nitrogens is 1. The number of allylic oxidation sites excluding steroid dienone is 1. The first kappa shape index (κ1) is 16.7. The highest BCUT2D eigenvalue weighted by Crippen LogP contribution is 2.37. The minimum absolute atomic E-state index is 0.0160. The Labute approximate surface area is 137 Å². The summed E-state index contributed by atoms with van der Waals surface area (Å²) in [4.78, 5) is 12.8. The number of nitrogens with zero attached hydrogens (tertiary/aromatic N) is 4. The lowest BCUT2D eigenvalue weighted by atomic mass is 9.91.